The number of carbonyl (C=O) groups is 2. The van der Waals surface area contributed by atoms with Crippen LogP contribution in [0.5, 0.6) is 0 Å². The van der Waals surface area contributed by atoms with Gasteiger partial charge in [0.25, 0.3) is 0 Å². The average Bonchev–Trinajstić information content (AvgIpc) is 3.09. The second-order valence-electron chi connectivity index (χ2n) is 9.93. The number of rotatable bonds is 7. The van der Waals surface area contributed by atoms with Gasteiger partial charge in [0.2, 0.25) is 5.91 Å². The number of nitrogens with zero attached hydrogens (tertiary/aromatic N) is 2. The highest BCUT2D eigenvalue weighted by molar-refractivity contribution is 5.94. The lowest BCUT2D eigenvalue weighted by Crippen LogP contribution is -2.37. The topological polar surface area (TPSA) is 73.2 Å². The van der Waals surface area contributed by atoms with Gasteiger partial charge < -0.3 is 10.2 Å². The SMILES string of the molecule is CC(=O)c1ccc2c(c1)CCN(CCC1CCC(NC(=O)/C=C/c3ccccc3C#N)CC1)CC2. The summed E-state index contributed by atoms with van der Waals surface area (Å²) in [5.41, 5.74) is 4.89. The van der Waals surface area contributed by atoms with E-state index in [0.29, 0.717) is 5.56 Å². The summed E-state index contributed by atoms with van der Waals surface area (Å²) in [5, 5.41) is 12.3. The third-order valence-corrected chi connectivity index (χ3v) is 7.55. The Kier molecular flexibility index (Phi) is 8.50. The number of benzene rings is 2. The van der Waals surface area contributed by atoms with E-state index in [-0.39, 0.29) is 17.7 Å². The van der Waals surface area contributed by atoms with Crippen molar-refractivity contribution in [3.05, 3.63) is 76.4 Å². The predicted octanol–water partition coefficient (Wildman–Crippen LogP) is 4.94. The Morgan fingerprint density at radius 3 is 2.54 bits per heavy atom. The summed E-state index contributed by atoms with van der Waals surface area (Å²) in [5.74, 6) is 0.774. The van der Waals surface area contributed by atoms with Gasteiger partial charge in [0, 0.05) is 30.8 Å². The van der Waals surface area contributed by atoms with Crippen molar-refractivity contribution < 1.29 is 9.59 Å². The van der Waals surface area contributed by atoms with Crippen molar-refractivity contribution in [1.82, 2.24) is 10.2 Å². The van der Waals surface area contributed by atoms with Crippen LogP contribution >= 0.6 is 0 Å². The van der Waals surface area contributed by atoms with Crippen molar-refractivity contribution in [2.45, 2.75) is 57.9 Å². The fraction of sp³-hybridized carbons (Fsp3) is 0.433. The third-order valence-electron chi connectivity index (χ3n) is 7.55. The molecule has 2 aromatic carbocycles. The van der Waals surface area contributed by atoms with Gasteiger partial charge in [0.05, 0.1) is 11.6 Å². The van der Waals surface area contributed by atoms with E-state index < -0.39 is 0 Å². The van der Waals surface area contributed by atoms with E-state index in [2.05, 4.69) is 28.4 Å². The first-order valence-electron chi connectivity index (χ1n) is 12.8. The maximum atomic E-state index is 12.4. The lowest BCUT2D eigenvalue weighted by Gasteiger charge is -2.30. The van der Waals surface area contributed by atoms with Crippen molar-refractivity contribution in [2.75, 3.05) is 19.6 Å². The maximum Gasteiger partial charge on any atom is 0.244 e. The van der Waals surface area contributed by atoms with Gasteiger partial charge in [-0.15, -0.1) is 0 Å². The highest BCUT2D eigenvalue weighted by atomic mass is 16.1. The van der Waals surface area contributed by atoms with Gasteiger partial charge in [0.1, 0.15) is 0 Å². The van der Waals surface area contributed by atoms with E-state index in [1.807, 2.05) is 24.3 Å². The number of Topliss-reactive ketones (excluding diaryl/α,β-unsaturated/α-hetero) is 1. The van der Waals surface area contributed by atoms with Crippen molar-refractivity contribution >= 4 is 17.8 Å². The van der Waals surface area contributed by atoms with E-state index in [1.54, 1.807) is 25.1 Å². The number of nitrogens with one attached hydrogen (secondary N) is 1. The molecule has 1 amide bonds. The molecule has 4 rings (SSSR count). The van der Waals surface area contributed by atoms with E-state index in [1.165, 1.54) is 17.5 Å². The minimum absolute atomic E-state index is 0.0849. The average molecular weight is 470 g/mol. The largest absolute Gasteiger partial charge is 0.350 e. The Labute approximate surface area is 208 Å². The van der Waals surface area contributed by atoms with Gasteiger partial charge in [-0.3, -0.25) is 9.59 Å². The molecular weight excluding hydrogens is 434 g/mol. The minimum atomic E-state index is -0.0849. The molecule has 0 aromatic heterocycles. The van der Waals surface area contributed by atoms with Gasteiger partial charge >= 0.3 is 0 Å². The van der Waals surface area contributed by atoms with Crippen LogP contribution in [-0.4, -0.2) is 42.3 Å². The molecule has 2 aliphatic rings. The lowest BCUT2D eigenvalue weighted by atomic mass is 9.84. The Hall–Kier alpha value is -3.23. The molecular formula is C30H35N3O2. The fourth-order valence-electron chi connectivity index (χ4n) is 5.33. The standard InChI is InChI=1S/C30H35N3O2/c1-22(34)26-9-8-25-15-18-33(19-16-27(25)20-26)17-14-23-6-11-29(12-7-23)32-30(35)13-10-24-4-2-3-5-28(24)21-31/h2-5,8-10,13,20,23,29H,6-7,11-12,14-19H2,1H3,(H,32,35)/b13-10+. The van der Waals surface area contributed by atoms with Crippen LogP contribution in [0.4, 0.5) is 0 Å². The molecule has 1 N–H and O–H groups in total. The molecule has 5 heteroatoms. The summed E-state index contributed by atoms with van der Waals surface area (Å²) in [6.07, 6.45) is 10.9. The first-order valence-corrected chi connectivity index (χ1v) is 12.8. The Bertz CT molecular complexity index is 1120. The van der Waals surface area contributed by atoms with Crippen molar-refractivity contribution in [2.24, 2.45) is 5.92 Å². The van der Waals surface area contributed by atoms with Crippen LogP contribution in [0.15, 0.2) is 48.5 Å². The number of fused-ring (bicyclic) bond motifs is 1. The number of nitriles is 1. The summed E-state index contributed by atoms with van der Waals surface area (Å²) < 4.78 is 0. The monoisotopic (exact) mass is 469 g/mol. The molecule has 35 heavy (non-hydrogen) atoms. The van der Waals surface area contributed by atoms with E-state index in [9.17, 15) is 14.9 Å². The molecule has 2 aromatic rings. The smallest absolute Gasteiger partial charge is 0.244 e. The van der Waals surface area contributed by atoms with Crippen LogP contribution in [0.25, 0.3) is 6.08 Å². The van der Waals surface area contributed by atoms with E-state index in [0.717, 1.165) is 75.2 Å². The summed E-state index contributed by atoms with van der Waals surface area (Å²) in [4.78, 5) is 26.7. The number of amides is 1. The zero-order chi connectivity index (χ0) is 24.6. The van der Waals surface area contributed by atoms with E-state index in [4.69, 9.17) is 0 Å². The summed E-state index contributed by atoms with van der Waals surface area (Å²) in [7, 11) is 0. The van der Waals surface area contributed by atoms with Crippen LogP contribution in [0, 0.1) is 17.2 Å². The van der Waals surface area contributed by atoms with Gasteiger partial charge in [-0.2, -0.15) is 5.26 Å². The van der Waals surface area contributed by atoms with Crippen LogP contribution < -0.4 is 5.32 Å². The van der Waals surface area contributed by atoms with E-state index >= 15 is 0 Å². The second kappa shape index (κ2) is 12.0. The molecule has 1 aliphatic carbocycles. The maximum absolute atomic E-state index is 12.4. The summed E-state index contributed by atoms with van der Waals surface area (Å²) >= 11 is 0. The first kappa shape index (κ1) is 24.9. The molecule has 1 aliphatic heterocycles. The van der Waals surface area contributed by atoms with Crippen molar-refractivity contribution in [1.29, 1.82) is 5.26 Å². The van der Waals surface area contributed by atoms with Crippen LogP contribution in [0.1, 0.15) is 71.6 Å². The molecule has 0 unspecified atom stereocenters. The number of carbonyl (C=O) groups excluding carboxylic acids is 2. The summed E-state index contributed by atoms with van der Waals surface area (Å²) in [6.45, 7) is 4.90. The normalized spacial score (nSPS) is 20.6. The number of ketones is 1. The van der Waals surface area contributed by atoms with Gasteiger partial charge in [0.15, 0.2) is 5.78 Å². The van der Waals surface area contributed by atoms with Crippen LogP contribution in [0.3, 0.4) is 0 Å². The van der Waals surface area contributed by atoms with Crippen LogP contribution in [0.2, 0.25) is 0 Å². The zero-order valence-corrected chi connectivity index (χ0v) is 20.6. The zero-order valence-electron chi connectivity index (χ0n) is 20.6. The molecule has 0 radical (unpaired) electrons. The number of hydrogen-bond donors (Lipinski definition) is 1. The van der Waals surface area contributed by atoms with Crippen LogP contribution in [-0.2, 0) is 17.6 Å². The number of hydrogen-bond acceptors (Lipinski definition) is 4. The van der Waals surface area contributed by atoms with Gasteiger partial charge in [-0.1, -0.05) is 30.3 Å². The molecule has 0 atom stereocenters. The fourth-order valence-corrected chi connectivity index (χ4v) is 5.33. The lowest BCUT2D eigenvalue weighted by molar-refractivity contribution is -0.117. The van der Waals surface area contributed by atoms with Crippen molar-refractivity contribution in [3.8, 4) is 6.07 Å². The highest BCUT2D eigenvalue weighted by Gasteiger charge is 2.23. The molecule has 1 heterocycles. The Morgan fingerprint density at radius 2 is 1.80 bits per heavy atom. The molecule has 1 saturated carbocycles. The highest BCUT2D eigenvalue weighted by Crippen LogP contribution is 2.28. The molecule has 182 valence electrons. The quantitative estimate of drug-likeness (QED) is 0.460. The Morgan fingerprint density at radius 1 is 1.06 bits per heavy atom. The molecule has 0 spiro atoms. The predicted molar refractivity (Wildman–Crippen MR) is 139 cm³/mol. The summed E-state index contributed by atoms with van der Waals surface area (Å²) in [6, 6.07) is 15.9. The third kappa shape index (κ3) is 6.90. The van der Waals surface area contributed by atoms with Gasteiger partial charge in [-0.05, 0) is 99.2 Å². The molecule has 1 fully saturated rings. The first-order chi connectivity index (χ1) is 17.0. The molecule has 5 nitrogen and oxygen atoms in total. The second-order valence-corrected chi connectivity index (χ2v) is 9.93. The molecule has 0 bridgehead atoms. The minimum Gasteiger partial charge on any atom is -0.350 e. The Balaban J connectivity index is 1.18. The molecule has 0 saturated heterocycles. The van der Waals surface area contributed by atoms with Gasteiger partial charge in [-0.25, -0.2) is 0 Å². The van der Waals surface area contributed by atoms with Crippen molar-refractivity contribution in [3.63, 3.8) is 0 Å².